The molecule has 2 amide bonds. The van der Waals surface area contributed by atoms with Gasteiger partial charge in [-0.1, -0.05) is 18.9 Å². The number of nitrogens with zero attached hydrogens (tertiary/aromatic N) is 2. The lowest BCUT2D eigenvalue weighted by Crippen LogP contribution is -2.44. The summed E-state index contributed by atoms with van der Waals surface area (Å²) in [6.45, 7) is 3.48. The first-order valence-corrected chi connectivity index (χ1v) is 10.7. The van der Waals surface area contributed by atoms with Crippen LogP contribution in [-0.2, 0) is 16.0 Å². The third kappa shape index (κ3) is 4.42. The van der Waals surface area contributed by atoms with Crippen LogP contribution in [0.3, 0.4) is 0 Å². The van der Waals surface area contributed by atoms with Gasteiger partial charge in [-0.05, 0) is 49.8 Å². The van der Waals surface area contributed by atoms with E-state index in [0.717, 1.165) is 55.8 Å². The largest absolute Gasteiger partial charge is 0.454 e. The number of ether oxygens (including phenoxy) is 2. The van der Waals surface area contributed by atoms with Crippen molar-refractivity contribution in [2.45, 2.75) is 51.4 Å². The highest BCUT2D eigenvalue weighted by Crippen LogP contribution is 2.33. The van der Waals surface area contributed by atoms with E-state index in [4.69, 9.17) is 9.47 Å². The fourth-order valence-electron chi connectivity index (χ4n) is 4.43. The van der Waals surface area contributed by atoms with Gasteiger partial charge in [0.15, 0.2) is 11.5 Å². The number of fused-ring (bicyclic) bond motifs is 1. The molecular weight excluding hydrogens is 356 g/mol. The molecule has 0 unspecified atom stereocenters. The third-order valence-electron chi connectivity index (χ3n) is 6.18. The van der Waals surface area contributed by atoms with Crippen LogP contribution in [0.4, 0.5) is 0 Å². The molecule has 0 aromatic heterocycles. The van der Waals surface area contributed by atoms with Crippen molar-refractivity contribution in [2.75, 3.05) is 33.0 Å². The van der Waals surface area contributed by atoms with E-state index >= 15 is 0 Å². The number of rotatable bonds is 4. The van der Waals surface area contributed by atoms with Crippen LogP contribution in [0.5, 0.6) is 11.5 Å². The number of amides is 2. The second-order valence-corrected chi connectivity index (χ2v) is 8.08. The second-order valence-electron chi connectivity index (χ2n) is 8.08. The average molecular weight is 386 g/mol. The molecule has 1 aromatic rings. The summed E-state index contributed by atoms with van der Waals surface area (Å²) < 4.78 is 10.7. The number of piperidine rings is 1. The van der Waals surface area contributed by atoms with Crippen molar-refractivity contribution in [2.24, 2.45) is 5.92 Å². The van der Waals surface area contributed by atoms with Crippen LogP contribution < -0.4 is 9.47 Å². The molecule has 0 atom stereocenters. The van der Waals surface area contributed by atoms with Crippen molar-refractivity contribution < 1.29 is 19.1 Å². The lowest BCUT2D eigenvalue weighted by Gasteiger charge is -2.34. The number of hydrogen-bond donors (Lipinski definition) is 0. The summed E-state index contributed by atoms with van der Waals surface area (Å²) in [6.07, 6.45) is 7.51. The quantitative estimate of drug-likeness (QED) is 0.798. The molecule has 3 heterocycles. The molecular formula is C22H30N2O4. The fourth-order valence-corrected chi connectivity index (χ4v) is 4.43. The van der Waals surface area contributed by atoms with E-state index in [1.807, 2.05) is 23.1 Å². The first-order chi connectivity index (χ1) is 13.7. The summed E-state index contributed by atoms with van der Waals surface area (Å²) in [4.78, 5) is 29.4. The maximum atomic E-state index is 12.8. The van der Waals surface area contributed by atoms with Crippen LogP contribution in [-0.4, -0.2) is 54.6 Å². The number of aryl methyl sites for hydroxylation is 1. The first kappa shape index (κ1) is 19.1. The van der Waals surface area contributed by atoms with Crippen LogP contribution in [0.2, 0.25) is 0 Å². The van der Waals surface area contributed by atoms with Crippen molar-refractivity contribution >= 4 is 11.8 Å². The number of carbonyl (C=O) groups excluding carboxylic acids is 2. The summed E-state index contributed by atoms with van der Waals surface area (Å²) in [7, 11) is 0. The van der Waals surface area contributed by atoms with Gasteiger partial charge in [0.25, 0.3) is 0 Å². The lowest BCUT2D eigenvalue weighted by atomic mass is 9.94. The molecule has 0 bridgehead atoms. The van der Waals surface area contributed by atoms with Gasteiger partial charge in [-0.3, -0.25) is 9.59 Å². The number of carbonyl (C=O) groups is 2. The molecule has 0 radical (unpaired) electrons. The Morgan fingerprint density at radius 3 is 2.36 bits per heavy atom. The molecule has 6 nitrogen and oxygen atoms in total. The molecule has 6 heteroatoms. The van der Waals surface area contributed by atoms with Crippen LogP contribution in [0.15, 0.2) is 18.2 Å². The van der Waals surface area contributed by atoms with Gasteiger partial charge in [-0.25, -0.2) is 0 Å². The second kappa shape index (κ2) is 8.84. The van der Waals surface area contributed by atoms with E-state index < -0.39 is 0 Å². The van der Waals surface area contributed by atoms with Gasteiger partial charge in [-0.2, -0.15) is 0 Å². The summed E-state index contributed by atoms with van der Waals surface area (Å²) in [5.41, 5.74) is 1.09. The molecule has 0 spiro atoms. The van der Waals surface area contributed by atoms with E-state index in [-0.39, 0.29) is 18.6 Å². The third-order valence-corrected chi connectivity index (χ3v) is 6.18. The van der Waals surface area contributed by atoms with E-state index in [2.05, 4.69) is 4.90 Å². The maximum absolute atomic E-state index is 12.8. The zero-order chi connectivity index (χ0) is 19.3. The standard InChI is InChI=1S/C22H30N2O4/c25-21(8-6-17-5-7-19-20(15-17)28-16-27-19)23-13-9-18(10-14-23)22(26)24-11-3-1-2-4-12-24/h5,7,15,18H,1-4,6,8-14,16H2. The average Bonchev–Trinajstić information content (AvgIpc) is 3.03. The highest BCUT2D eigenvalue weighted by molar-refractivity contribution is 5.80. The fraction of sp³-hybridized carbons (Fsp3) is 0.636. The van der Waals surface area contributed by atoms with Gasteiger partial charge in [0, 0.05) is 38.5 Å². The Bertz CT molecular complexity index is 704. The highest BCUT2D eigenvalue weighted by atomic mass is 16.7. The van der Waals surface area contributed by atoms with E-state index in [1.54, 1.807) is 0 Å². The summed E-state index contributed by atoms with van der Waals surface area (Å²) in [5, 5.41) is 0. The molecule has 0 aliphatic carbocycles. The molecule has 2 fully saturated rings. The Labute approximate surface area is 166 Å². The Hall–Kier alpha value is -2.24. The molecule has 4 rings (SSSR count). The van der Waals surface area contributed by atoms with Crippen molar-refractivity contribution in [3.05, 3.63) is 23.8 Å². The molecule has 1 aromatic carbocycles. The summed E-state index contributed by atoms with van der Waals surface area (Å²) in [6, 6.07) is 5.86. The minimum Gasteiger partial charge on any atom is -0.454 e. The van der Waals surface area contributed by atoms with Gasteiger partial charge in [0.05, 0.1) is 0 Å². The summed E-state index contributed by atoms with van der Waals surface area (Å²) >= 11 is 0. The highest BCUT2D eigenvalue weighted by Gasteiger charge is 2.30. The minimum absolute atomic E-state index is 0.0935. The first-order valence-electron chi connectivity index (χ1n) is 10.7. The molecule has 0 N–H and O–H groups in total. The number of benzene rings is 1. The molecule has 2 saturated heterocycles. The van der Waals surface area contributed by atoms with Crippen molar-refractivity contribution in [1.29, 1.82) is 0 Å². The van der Waals surface area contributed by atoms with E-state index in [0.29, 0.717) is 31.8 Å². The normalized spacial score (nSPS) is 20.1. The Morgan fingerprint density at radius 1 is 0.893 bits per heavy atom. The lowest BCUT2D eigenvalue weighted by molar-refractivity contribution is -0.140. The van der Waals surface area contributed by atoms with Crippen molar-refractivity contribution in [3.63, 3.8) is 0 Å². The minimum atomic E-state index is 0.0935. The Morgan fingerprint density at radius 2 is 1.61 bits per heavy atom. The molecule has 152 valence electrons. The van der Waals surface area contributed by atoms with Gasteiger partial charge < -0.3 is 19.3 Å². The molecule has 3 aliphatic rings. The van der Waals surface area contributed by atoms with Crippen molar-refractivity contribution in [1.82, 2.24) is 9.80 Å². The topological polar surface area (TPSA) is 59.1 Å². The van der Waals surface area contributed by atoms with Crippen LogP contribution >= 0.6 is 0 Å². The summed E-state index contributed by atoms with van der Waals surface area (Å²) in [5.74, 6) is 2.12. The van der Waals surface area contributed by atoms with Crippen LogP contribution in [0.25, 0.3) is 0 Å². The SMILES string of the molecule is O=C(CCc1ccc2c(c1)OCO2)N1CCC(C(=O)N2CCCCCC2)CC1. The maximum Gasteiger partial charge on any atom is 0.231 e. The van der Waals surface area contributed by atoms with Gasteiger partial charge >= 0.3 is 0 Å². The predicted molar refractivity (Wildman–Crippen MR) is 105 cm³/mol. The zero-order valence-corrected chi connectivity index (χ0v) is 16.5. The Balaban J connectivity index is 1.23. The van der Waals surface area contributed by atoms with Crippen LogP contribution in [0, 0.1) is 5.92 Å². The van der Waals surface area contributed by atoms with Crippen molar-refractivity contribution in [3.8, 4) is 11.5 Å². The van der Waals surface area contributed by atoms with E-state index in [9.17, 15) is 9.59 Å². The molecule has 28 heavy (non-hydrogen) atoms. The molecule has 3 aliphatic heterocycles. The monoisotopic (exact) mass is 386 g/mol. The number of likely N-dealkylation sites (tertiary alicyclic amines) is 2. The van der Waals surface area contributed by atoms with Gasteiger partial charge in [0.2, 0.25) is 18.6 Å². The molecule has 0 saturated carbocycles. The number of hydrogen-bond acceptors (Lipinski definition) is 4. The Kier molecular flexibility index (Phi) is 6.03. The zero-order valence-electron chi connectivity index (χ0n) is 16.5. The van der Waals surface area contributed by atoms with Gasteiger partial charge in [0.1, 0.15) is 0 Å². The smallest absolute Gasteiger partial charge is 0.231 e. The van der Waals surface area contributed by atoms with E-state index in [1.165, 1.54) is 12.8 Å². The predicted octanol–water partition coefficient (Wildman–Crippen LogP) is 2.99. The van der Waals surface area contributed by atoms with Gasteiger partial charge in [-0.15, -0.1) is 0 Å². The van der Waals surface area contributed by atoms with Crippen LogP contribution in [0.1, 0.15) is 50.5 Å².